The second-order valence-electron chi connectivity index (χ2n) is 12.0. The highest BCUT2D eigenvalue weighted by Crippen LogP contribution is 2.60. The minimum atomic E-state index is -1.87. The normalized spacial score (nSPS) is 22.9. The molecule has 3 aromatic rings. The van der Waals surface area contributed by atoms with Crippen molar-refractivity contribution in [3.63, 3.8) is 0 Å². The lowest BCUT2D eigenvalue weighted by atomic mass is 9.73. The number of carbonyl (C=O) groups excluding carboxylic acids is 3. The Bertz CT molecular complexity index is 1890. The number of methoxy groups -OCH3 is 1. The van der Waals surface area contributed by atoms with Gasteiger partial charge in [-0.05, 0) is 56.0 Å². The number of likely N-dealkylation sites (tertiary alicyclic amines) is 1. The van der Waals surface area contributed by atoms with Crippen molar-refractivity contribution in [2.45, 2.75) is 57.2 Å². The number of hydrogen-bond acceptors (Lipinski definition) is 9. The van der Waals surface area contributed by atoms with Crippen molar-refractivity contribution in [3.8, 4) is 0 Å². The van der Waals surface area contributed by atoms with Gasteiger partial charge in [-0.15, -0.1) is 0 Å². The Hall–Kier alpha value is -4.46. The minimum Gasteiger partial charge on any atom is -0.465 e. The van der Waals surface area contributed by atoms with Crippen LogP contribution in [0, 0.1) is 38.9 Å². The van der Waals surface area contributed by atoms with Gasteiger partial charge in [-0.1, -0.05) is 48.8 Å². The molecule has 4 atom stereocenters. The van der Waals surface area contributed by atoms with Crippen LogP contribution in [0.15, 0.2) is 48.5 Å². The minimum absolute atomic E-state index is 0. The topological polar surface area (TPSA) is 162 Å². The summed E-state index contributed by atoms with van der Waals surface area (Å²) in [4.78, 5) is 66.3. The van der Waals surface area contributed by atoms with Crippen LogP contribution in [0.4, 0.5) is 15.8 Å². The first-order valence-corrected chi connectivity index (χ1v) is 15.4. The zero-order chi connectivity index (χ0) is 33.9. The third-order valence-electron chi connectivity index (χ3n) is 9.45. The second kappa shape index (κ2) is 12.9. The predicted octanol–water partition coefficient (Wildman–Crippen LogP) is 6.72. The van der Waals surface area contributed by atoms with Crippen LogP contribution in [0.3, 0.4) is 0 Å². The van der Waals surface area contributed by atoms with E-state index in [9.17, 15) is 34.6 Å². The number of nitro benzene ring substituents is 1. The summed E-state index contributed by atoms with van der Waals surface area (Å²) in [7, 11) is 1.11. The van der Waals surface area contributed by atoms with Crippen LogP contribution in [-0.4, -0.2) is 58.1 Å². The quantitative estimate of drug-likeness (QED) is 0.111. The fourth-order valence-electron chi connectivity index (χ4n) is 7.29. The Morgan fingerprint density at radius 1 is 1.10 bits per heavy atom. The maximum atomic E-state index is 16.0. The first-order valence-electron chi connectivity index (χ1n) is 14.7. The van der Waals surface area contributed by atoms with Crippen molar-refractivity contribution in [2.75, 3.05) is 19.0 Å². The zero-order valence-electron chi connectivity index (χ0n) is 25.0. The number of anilines is 1. The number of nitrogens with zero attached hydrogens (tertiary/aromatic N) is 3. The third kappa shape index (κ3) is 5.39. The van der Waals surface area contributed by atoms with Crippen LogP contribution in [-0.2, 0) is 15.1 Å². The second-order valence-corrected chi connectivity index (χ2v) is 12.8. The fourth-order valence-corrected chi connectivity index (χ4v) is 7.65. The summed E-state index contributed by atoms with van der Waals surface area (Å²) >= 11 is 12.4. The van der Waals surface area contributed by atoms with Crippen molar-refractivity contribution < 1.29 is 33.4 Å². The zero-order valence-corrected chi connectivity index (χ0v) is 26.5. The molecule has 1 spiro atoms. The van der Waals surface area contributed by atoms with Gasteiger partial charge in [-0.2, -0.15) is 0 Å². The van der Waals surface area contributed by atoms with Gasteiger partial charge < -0.3 is 10.1 Å². The molecule has 3 aliphatic rings. The number of fused-ring (bicyclic) bond motifs is 2. The molecule has 0 radical (unpaired) electrons. The molecule has 1 saturated carbocycles. The number of rotatable bonds is 9. The summed E-state index contributed by atoms with van der Waals surface area (Å²) in [5.74, 6) is -4.72. The Labute approximate surface area is 284 Å². The molecule has 48 heavy (non-hydrogen) atoms. The smallest absolute Gasteiger partial charge is 0.338 e. The van der Waals surface area contributed by atoms with E-state index in [2.05, 4.69) is 5.32 Å². The summed E-state index contributed by atoms with van der Waals surface area (Å²) in [5.41, 5.74) is -2.70. The third-order valence-corrected chi connectivity index (χ3v) is 9.98. The number of ketones is 1. The van der Waals surface area contributed by atoms with E-state index in [1.165, 1.54) is 43.3 Å². The van der Waals surface area contributed by atoms with E-state index >= 15 is 4.39 Å². The van der Waals surface area contributed by atoms with Crippen LogP contribution >= 0.6 is 23.2 Å². The number of ether oxygens (including phenoxy) is 1. The van der Waals surface area contributed by atoms with Crippen LogP contribution in [0.1, 0.15) is 70.0 Å². The Kier molecular flexibility index (Phi) is 9.34. The summed E-state index contributed by atoms with van der Waals surface area (Å²) in [5, 5.41) is 28.1. The monoisotopic (exact) mass is 700 g/mol. The van der Waals surface area contributed by atoms with E-state index in [-0.39, 0.29) is 57.9 Å². The highest BCUT2D eigenvalue weighted by Gasteiger charge is 2.71. The van der Waals surface area contributed by atoms with E-state index in [1.54, 1.807) is 11.0 Å². The van der Waals surface area contributed by atoms with Gasteiger partial charge in [-0.25, -0.2) is 9.18 Å². The molecule has 2 aliphatic heterocycles. The van der Waals surface area contributed by atoms with Gasteiger partial charge in [0.1, 0.15) is 11.4 Å². The van der Waals surface area contributed by atoms with Gasteiger partial charge in [0.15, 0.2) is 5.78 Å². The average Bonchev–Trinajstić information content (AvgIpc) is 3.74. The molecule has 1 saturated heterocycles. The number of nitrogens with one attached hydrogen (secondary N) is 1. The predicted molar refractivity (Wildman–Crippen MR) is 175 cm³/mol. The molecule has 15 heteroatoms. The molecule has 2 fully saturated rings. The lowest BCUT2D eigenvalue weighted by Gasteiger charge is -2.38. The van der Waals surface area contributed by atoms with Gasteiger partial charge in [0.05, 0.1) is 40.1 Å². The van der Waals surface area contributed by atoms with E-state index < -0.39 is 69.0 Å². The molecule has 3 aromatic carbocycles. The largest absolute Gasteiger partial charge is 0.465 e. The SMILES string of the molecule is C.COC(=O)c1ccc(C(=O)C[C@H]2C([N+](=O)[O-])[C@H](c3cccc(Cl)c3F)[C@]3(C(=O)Nc4cc(Cl)ccc43)N2CC2CC2)c([N+](=O)[O-])c1C. The number of benzene rings is 3. The van der Waals surface area contributed by atoms with Gasteiger partial charge in [0, 0.05) is 45.3 Å². The van der Waals surface area contributed by atoms with Crippen LogP contribution in [0.2, 0.25) is 10.0 Å². The highest BCUT2D eigenvalue weighted by molar-refractivity contribution is 6.31. The number of esters is 1. The lowest BCUT2D eigenvalue weighted by Crippen LogP contribution is -2.53. The summed E-state index contributed by atoms with van der Waals surface area (Å²) in [6.45, 7) is 1.45. The molecular formula is C33H31Cl2FN4O8. The molecular weight excluding hydrogens is 670 g/mol. The Balaban J connectivity index is 0.00000451. The van der Waals surface area contributed by atoms with E-state index in [1.807, 2.05) is 0 Å². The van der Waals surface area contributed by atoms with Gasteiger partial charge in [-0.3, -0.25) is 34.7 Å². The van der Waals surface area contributed by atoms with E-state index in [0.29, 0.717) is 5.56 Å². The van der Waals surface area contributed by atoms with Crippen molar-refractivity contribution in [2.24, 2.45) is 5.92 Å². The number of Topliss-reactive ketones (excluding diaryl/α,β-unsaturated/α-hetero) is 1. The fraction of sp³-hybridized carbons (Fsp3) is 0.364. The Morgan fingerprint density at radius 2 is 1.79 bits per heavy atom. The number of halogens is 3. The van der Waals surface area contributed by atoms with Gasteiger partial charge >= 0.3 is 5.97 Å². The summed E-state index contributed by atoms with van der Waals surface area (Å²) in [6.07, 6.45) is 0.898. The molecule has 252 valence electrons. The molecule has 1 amide bonds. The van der Waals surface area contributed by atoms with E-state index in [0.717, 1.165) is 26.0 Å². The first-order chi connectivity index (χ1) is 22.3. The number of nitro groups is 2. The molecule has 1 unspecified atom stereocenters. The lowest BCUT2D eigenvalue weighted by molar-refractivity contribution is -0.528. The maximum Gasteiger partial charge on any atom is 0.338 e. The van der Waals surface area contributed by atoms with Crippen molar-refractivity contribution in [1.82, 2.24) is 4.90 Å². The van der Waals surface area contributed by atoms with Crippen molar-refractivity contribution in [1.29, 1.82) is 0 Å². The average molecular weight is 702 g/mol. The maximum absolute atomic E-state index is 16.0. The molecule has 2 heterocycles. The van der Waals surface area contributed by atoms with Crippen LogP contribution < -0.4 is 5.32 Å². The molecule has 0 bridgehead atoms. The van der Waals surface area contributed by atoms with Gasteiger partial charge in [0.2, 0.25) is 6.04 Å². The van der Waals surface area contributed by atoms with Crippen LogP contribution in [0.25, 0.3) is 0 Å². The number of amides is 1. The molecule has 12 nitrogen and oxygen atoms in total. The van der Waals surface area contributed by atoms with Gasteiger partial charge in [0.25, 0.3) is 11.6 Å². The first kappa shape index (κ1) is 34.9. The molecule has 1 aliphatic carbocycles. The van der Waals surface area contributed by atoms with E-state index in [4.69, 9.17) is 27.9 Å². The van der Waals surface area contributed by atoms with Crippen molar-refractivity contribution >= 4 is 52.2 Å². The number of carbonyl (C=O) groups is 3. The van der Waals surface area contributed by atoms with Crippen molar-refractivity contribution in [3.05, 3.63) is 112 Å². The standard InChI is InChI=1S/C32H27Cl2FN4O8.CH4/c1-15-18(30(41)47-2)9-10-19(28(15)38(43)44)25(40)13-24-29(39(45)46)26(20-4-3-5-22(34)27(20)35)32(37(24)14-16-6-7-16)21-11-8-17(33)12-23(21)36-31(32)42;/h3-5,8-12,16,24,26,29H,6-7,13-14H2,1-2H3,(H,36,42);1H4/t24-,26-,29?,32+;/m0./s1. The summed E-state index contributed by atoms with van der Waals surface area (Å²) < 4.78 is 20.7. The molecule has 6 rings (SSSR count). The molecule has 0 aromatic heterocycles. The summed E-state index contributed by atoms with van der Waals surface area (Å²) in [6, 6.07) is 7.91. The molecule has 1 N–H and O–H groups in total. The number of hydrogen-bond donors (Lipinski definition) is 1. The van der Waals surface area contributed by atoms with Crippen LogP contribution in [0.5, 0.6) is 0 Å². The highest BCUT2D eigenvalue weighted by atomic mass is 35.5. The Morgan fingerprint density at radius 3 is 2.42 bits per heavy atom.